The number of rotatable bonds is 3. The second kappa shape index (κ2) is 6.12. The molecule has 2 aliphatic rings. The van der Waals surface area contributed by atoms with Gasteiger partial charge in [0.15, 0.2) is 0 Å². The van der Waals surface area contributed by atoms with Crippen molar-refractivity contribution in [1.29, 1.82) is 0 Å². The molecule has 0 bridgehead atoms. The molecule has 2 nitrogen and oxygen atoms in total. The Labute approximate surface area is 97.5 Å². The highest BCUT2D eigenvalue weighted by molar-refractivity contribution is 8.00. The van der Waals surface area contributed by atoms with Crippen LogP contribution in [0.1, 0.15) is 38.5 Å². The summed E-state index contributed by atoms with van der Waals surface area (Å²) in [6.07, 6.45) is 8.13. The molecule has 2 rings (SSSR count). The summed E-state index contributed by atoms with van der Waals surface area (Å²) in [5, 5.41) is 5.21. The van der Waals surface area contributed by atoms with Crippen LogP contribution in [0.5, 0.6) is 0 Å². The van der Waals surface area contributed by atoms with Crippen molar-refractivity contribution in [2.24, 2.45) is 0 Å². The van der Waals surface area contributed by atoms with Gasteiger partial charge in [-0.1, -0.05) is 6.42 Å². The van der Waals surface area contributed by atoms with Crippen molar-refractivity contribution in [3.63, 3.8) is 0 Å². The summed E-state index contributed by atoms with van der Waals surface area (Å²) in [4.78, 5) is 0. The van der Waals surface area contributed by atoms with Crippen molar-refractivity contribution < 1.29 is 4.74 Å². The molecular formula is C12H23NOS. The zero-order valence-electron chi connectivity index (χ0n) is 9.71. The highest BCUT2D eigenvalue weighted by atomic mass is 32.2. The van der Waals surface area contributed by atoms with E-state index in [-0.39, 0.29) is 0 Å². The van der Waals surface area contributed by atoms with Gasteiger partial charge in [-0.15, -0.1) is 0 Å². The topological polar surface area (TPSA) is 21.3 Å². The van der Waals surface area contributed by atoms with Gasteiger partial charge in [-0.25, -0.2) is 0 Å². The van der Waals surface area contributed by atoms with E-state index in [0.717, 1.165) is 29.8 Å². The van der Waals surface area contributed by atoms with E-state index >= 15 is 0 Å². The number of hydrogen-bond acceptors (Lipinski definition) is 3. The van der Waals surface area contributed by atoms with E-state index < -0.39 is 0 Å². The van der Waals surface area contributed by atoms with Crippen molar-refractivity contribution in [2.75, 3.05) is 20.3 Å². The predicted molar refractivity (Wildman–Crippen MR) is 66.5 cm³/mol. The van der Waals surface area contributed by atoms with Gasteiger partial charge in [0.25, 0.3) is 0 Å². The lowest BCUT2D eigenvalue weighted by molar-refractivity contribution is 0.0998. The summed E-state index contributed by atoms with van der Waals surface area (Å²) in [6.45, 7) is 1.97. The number of thioether (sulfide) groups is 1. The quantitative estimate of drug-likeness (QED) is 0.803. The maximum Gasteiger partial charge on any atom is 0.0476 e. The highest BCUT2D eigenvalue weighted by Gasteiger charge is 2.25. The molecule has 88 valence electrons. The van der Waals surface area contributed by atoms with Gasteiger partial charge in [-0.05, 0) is 39.2 Å². The van der Waals surface area contributed by atoms with E-state index in [9.17, 15) is 0 Å². The summed E-state index contributed by atoms with van der Waals surface area (Å²) in [5.41, 5.74) is 0. The molecule has 2 atom stereocenters. The fraction of sp³-hybridized carbons (Fsp3) is 1.00. The molecule has 1 saturated carbocycles. The zero-order chi connectivity index (χ0) is 10.5. The van der Waals surface area contributed by atoms with Crippen LogP contribution in [0.2, 0.25) is 0 Å². The van der Waals surface area contributed by atoms with Crippen molar-refractivity contribution in [3.05, 3.63) is 0 Å². The average Bonchev–Trinajstić information content (AvgIpc) is 2.31. The smallest absolute Gasteiger partial charge is 0.0476 e. The van der Waals surface area contributed by atoms with Gasteiger partial charge < -0.3 is 10.1 Å². The van der Waals surface area contributed by atoms with Crippen LogP contribution in [0, 0.1) is 0 Å². The Balaban J connectivity index is 1.72. The van der Waals surface area contributed by atoms with E-state index in [1.165, 1.54) is 38.5 Å². The van der Waals surface area contributed by atoms with Gasteiger partial charge in [0, 0.05) is 29.8 Å². The molecule has 0 aromatic heterocycles. The van der Waals surface area contributed by atoms with Gasteiger partial charge in [-0.3, -0.25) is 0 Å². The summed E-state index contributed by atoms with van der Waals surface area (Å²) in [5.74, 6) is 0. The van der Waals surface area contributed by atoms with Gasteiger partial charge in [0.2, 0.25) is 0 Å². The normalized spacial score (nSPS) is 34.2. The Morgan fingerprint density at radius 3 is 2.60 bits per heavy atom. The number of nitrogens with one attached hydrogen (secondary N) is 1. The monoisotopic (exact) mass is 229 g/mol. The van der Waals surface area contributed by atoms with Crippen LogP contribution in [-0.2, 0) is 4.74 Å². The Morgan fingerprint density at radius 1 is 1.07 bits per heavy atom. The van der Waals surface area contributed by atoms with Gasteiger partial charge in [0.05, 0.1) is 0 Å². The lowest BCUT2D eigenvalue weighted by atomic mass is 9.95. The zero-order valence-corrected chi connectivity index (χ0v) is 10.5. The van der Waals surface area contributed by atoms with Crippen LogP contribution in [0.3, 0.4) is 0 Å². The van der Waals surface area contributed by atoms with Crippen molar-refractivity contribution in [1.82, 2.24) is 5.32 Å². The fourth-order valence-electron chi connectivity index (χ4n) is 2.61. The lowest BCUT2D eigenvalue weighted by Gasteiger charge is -2.32. The molecule has 15 heavy (non-hydrogen) atoms. The second-order valence-electron chi connectivity index (χ2n) is 4.72. The van der Waals surface area contributed by atoms with Crippen LogP contribution < -0.4 is 5.32 Å². The molecule has 0 aromatic rings. The minimum atomic E-state index is 0.774. The predicted octanol–water partition coefficient (Wildman–Crippen LogP) is 2.43. The largest absolute Gasteiger partial charge is 0.381 e. The molecule has 2 unspecified atom stereocenters. The molecule has 3 heteroatoms. The molecule has 1 aliphatic carbocycles. The van der Waals surface area contributed by atoms with Crippen LogP contribution in [0.15, 0.2) is 0 Å². The second-order valence-corrected chi connectivity index (χ2v) is 6.33. The standard InChI is InChI=1S/C12H23NOS/c1-13-10-3-2-4-12(9-10)15-11-5-7-14-8-6-11/h10-13H,2-9H2,1H3. The Hall–Kier alpha value is 0.270. The highest BCUT2D eigenvalue weighted by Crippen LogP contribution is 2.34. The molecule has 1 N–H and O–H groups in total. The van der Waals surface area contributed by atoms with Crippen molar-refractivity contribution in [2.45, 2.75) is 55.1 Å². The van der Waals surface area contributed by atoms with Crippen LogP contribution >= 0.6 is 11.8 Å². The van der Waals surface area contributed by atoms with Crippen LogP contribution in [0.25, 0.3) is 0 Å². The molecule has 2 fully saturated rings. The minimum absolute atomic E-state index is 0.774. The number of hydrogen-bond donors (Lipinski definition) is 1. The first-order valence-corrected chi connectivity index (χ1v) is 7.23. The molecular weight excluding hydrogens is 206 g/mol. The third kappa shape index (κ3) is 3.65. The van der Waals surface area contributed by atoms with Crippen LogP contribution in [-0.4, -0.2) is 36.8 Å². The molecule has 1 saturated heterocycles. The summed E-state index contributed by atoms with van der Waals surface area (Å²) < 4.78 is 5.41. The number of ether oxygens (including phenoxy) is 1. The first kappa shape index (κ1) is 11.7. The molecule has 1 heterocycles. The van der Waals surface area contributed by atoms with Crippen molar-refractivity contribution in [3.8, 4) is 0 Å². The first-order chi connectivity index (χ1) is 7.38. The first-order valence-electron chi connectivity index (χ1n) is 6.29. The lowest BCUT2D eigenvalue weighted by Crippen LogP contribution is -2.33. The summed E-state index contributed by atoms with van der Waals surface area (Å²) >= 11 is 2.24. The Kier molecular flexibility index (Phi) is 4.79. The van der Waals surface area contributed by atoms with Gasteiger partial charge in [-0.2, -0.15) is 11.8 Å². The molecule has 0 radical (unpaired) electrons. The van der Waals surface area contributed by atoms with E-state index in [1.54, 1.807) is 0 Å². The summed E-state index contributed by atoms with van der Waals surface area (Å²) in [7, 11) is 2.10. The third-order valence-electron chi connectivity index (χ3n) is 3.59. The fourth-order valence-corrected chi connectivity index (χ4v) is 4.27. The van der Waals surface area contributed by atoms with Gasteiger partial charge >= 0.3 is 0 Å². The Morgan fingerprint density at radius 2 is 1.87 bits per heavy atom. The maximum atomic E-state index is 5.41. The molecule has 0 amide bonds. The van der Waals surface area contributed by atoms with E-state index in [0.29, 0.717) is 0 Å². The van der Waals surface area contributed by atoms with Crippen LogP contribution in [0.4, 0.5) is 0 Å². The Bertz CT molecular complexity index is 182. The maximum absolute atomic E-state index is 5.41. The van der Waals surface area contributed by atoms with Crippen molar-refractivity contribution >= 4 is 11.8 Å². The van der Waals surface area contributed by atoms with E-state index in [4.69, 9.17) is 4.74 Å². The van der Waals surface area contributed by atoms with Gasteiger partial charge in [0.1, 0.15) is 0 Å². The average molecular weight is 229 g/mol. The molecule has 0 spiro atoms. The van der Waals surface area contributed by atoms with E-state index in [2.05, 4.69) is 24.1 Å². The molecule has 1 aliphatic heterocycles. The molecule has 0 aromatic carbocycles. The third-order valence-corrected chi connectivity index (χ3v) is 5.26. The van der Waals surface area contributed by atoms with E-state index in [1.807, 2.05) is 0 Å². The SMILES string of the molecule is CNC1CCCC(SC2CCOCC2)C1. The minimum Gasteiger partial charge on any atom is -0.381 e. The summed E-state index contributed by atoms with van der Waals surface area (Å²) in [6, 6.07) is 0.774.